The highest BCUT2D eigenvalue weighted by Crippen LogP contribution is 2.45. The van der Waals surface area contributed by atoms with E-state index in [-0.39, 0.29) is 15.1 Å². The molecule has 0 aromatic heterocycles. The lowest BCUT2D eigenvalue weighted by molar-refractivity contribution is -0.0343. The second-order valence-corrected chi connectivity index (χ2v) is 9.65. The minimum absolute atomic E-state index is 0.138. The van der Waals surface area contributed by atoms with Gasteiger partial charge in [-0.3, -0.25) is 4.21 Å². The van der Waals surface area contributed by atoms with Crippen LogP contribution in [0, 0.1) is 5.82 Å². The van der Waals surface area contributed by atoms with Gasteiger partial charge in [0, 0.05) is 11.8 Å². The molecule has 8 nitrogen and oxygen atoms in total. The number of nitrogens with zero attached hydrogens (tertiary/aromatic N) is 2. The van der Waals surface area contributed by atoms with E-state index in [0.717, 1.165) is 6.26 Å². The average Bonchev–Trinajstić information content (AvgIpc) is 2.55. The Hall–Kier alpha value is -2.21. The van der Waals surface area contributed by atoms with E-state index in [1.54, 1.807) is 13.8 Å². The van der Waals surface area contributed by atoms with E-state index in [9.17, 15) is 26.7 Å². The van der Waals surface area contributed by atoms with Gasteiger partial charge in [-0.1, -0.05) is 0 Å². The lowest BCUT2D eigenvalue weighted by Crippen LogP contribution is -2.54. The Labute approximate surface area is 164 Å². The van der Waals surface area contributed by atoms with Crippen molar-refractivity contribution in [1.82, 2.24) is 0 Å². The minimum Gasteiger partial charge on any atom is -0.754 e. The van der Waals surface area contributed by atoms with Gasteiger partial charge in [0.1, 0.15) is 17.2 Å². The highest BCUT2D eigenvalue weighted by molar-refractivity contribution is 8.05. The topological polar surface area (TPSA) is 110 Å². The molecule has 11 heteroatoms. The lowest BCUT2D eigenvalue weighted by Gasteiger charge is -2.45. The van der Waals surface area contributed by atoms with Gasteiger partial charge in [-0.25, -0.2) is 12.8 Å². The summed E-state index contributed by atoms with van der Waals surface area (Å²) in [5.41, 5.74) is -0.424. The van der Waals surface area contributed by atoms with Gasteiger partial charge in [-0.05, 0) is 50.2 Å². The van der Waals surface area contributed by atoms with Crippen LogP contribution < -0.4 is 13.3 Å². The van der Waals surface area contributed by atoms with E-state index >= 15 is 0 Å². The Morgan fingerprint density at radius 2 is 1.86 bits per heavy atom. The lowest BCUT2D eigenvalue weighted by atomic mass is 10.0. The molecular weight excluding hydrogens is 411 g/mol. The maximum absolute atomic E-state index is 13.3. The van der Waals surface area contributed by atoms with Crippen LogP contribution in [0.3, 0.4) is 0 Å². The Morgan fingerprint density at radius 1 is 1.25 bits per heavy atom. The molecule has 2 atom stereocenters. The highest BCUT2D eigenvalue weighted by Gasteiger charge is 2.42. The van der Waals surface area contributed by atoms with Crippen LogP contribution in [-0.4, -0.2) is 40.4 Å². The molecule has 0 bridgehead atoms. The number of rotatable bonds is 4. The van der Waals surface area contributed by atoms with E-state index in [1.807, 2.05) is 0 Å². The van der Waals surface area contributed by atoms with Crippen LogP contribution in [-0.2, 0) is 21.3 Å². The zero-order valence-electron chi connectivity index (χ0n) is 15.2. The number of ether oxygens (including phenoxy) is 1. The van der Waals surface area contributed by atoms with Gasteiger partial charge >= 0.3 is 0 Å². The molecule has 0 spiro atoms. The van der Waals surface area contributed by atoms with Crippen LogP contribution in [0.4, 0.5) is 21.5 Å². The standard InChI is InChI=1S/C17H19FN2O6S2/c1-17(2)16(21)19(12-6-4-11(18)5-7-12)14-9-8-13(10-15(14)26-17)20(27(22)23)28(3,24)25/h4-10,16,21H,1-3H3,(H,22,23)/p-1. The number of sulfonamides is 1. The third kappa shape index (κ3) is 3.70. The van der Waals surface area contributed by atoms with Crippen molar-refractivity contribution in [2.45, 2.75) is 25.7 Å². The molecule has 0 saturated carbocycles. The summed E-state index contributed by atoms with van der Waals surface area (Å²) in [6.07, 6.45) is -0.377. The fourth-order valence-electron chi connectivity index (χ4n) is 2.95. The monoisotopic (exact) mass is 429 g/mol. The number of benzene rings is 2. The number of aliphatic hydroxyl groups is 1. The molecule has 1 heterocycles. The molecule has 2 unspecified atom stereocenters. The Kier molecular flexibility index (Phi) is 5.13. The van der Waals surface area contributed by atoms with Crippen molar-refractivity contribution in [3.05, 3.63) is 48.3 Å². The van der Waals surface area contributed by atoms with Gasteiger partial charge < -0.3 is 19.3 Å². The summed E-state index contributed by atoms with van der Waals surface area (Å²) < 4.78 is 65.9. The van der Waals surface area contributed by atoms with E-state index in [4.69, 9.17) is 4.74 Å². The van der Waals surface area contributed by atoms with E-state index in [0.29, 0.717) is 11.4 Å². The summed E-state index contributed by atoms with van der Waals surface area (Å²) in [5, 5.41) is 10.8. The molecule has 0 radical (unpaired) electrons. The molecule has 2 aromatic rings. The molecule has 1 aliphatic heterocycles. The van der Waals surface area contributed by atoms with Crippen molar-refractivity contribution < 1.29 is 31.4 Å². The SMILES string of the molecule is CC1(C)Oc2cc(N(S(=O)[O-])S(C)(=O)=O)ccc2N(c2ccc(F)cc2)C1O. The van der Waals surface area contributed by atoms with Gasteiger partial charge in [0.25, 0.3) is 0 Å². The first-order valence-corrected chi connectivity index (χ1v) is 11.0. The molecule has 0 fully saturated rings. The zero-order chi connectivity index (χ0) is 20.9. The van der Waals surface area contributed by atoms with Crippen molar-refractivity contribution in [1.29, 1.82) is 0 Å². The number of fused-ring (bicyclic) bond motifs is 1. The summed E-state index contributed by atoms with van der Waals surface area (Å²) in [4.78, 5) is 1.50. The third-order valence-corrected chi connectivity index (χ3v) is 6.67. The predicted octanol–water partition coefficient (Wildman–Crippen LogP) is 2.01. The summed E-state index contributed by atoms with van der Waals surface area (Å²) in [6, 6.07) is 9.41. The van der Waals surface area contributed by atoms with Crippen molar-refractivity contribution in [3.63, 3.8) is 0 Å². The molecule has 28 heavy (non-hydrogen) atoms. The molecule has 0 amide bonds. The maximum atomic E-state index is 13.3. The van der Waals surface area contributed by atoms with Gasteiger partial charge in [-0.15, -0.1) is 0 Å². The van der Waals surface area contributed by atoms with Crippen LogP contribution >= 0.6 is 0 Å². The van der Waals surface area contributed by atoms with Gasteiger partial charge in [0.15, 0.2) is 6.23 Å². The second kappa shape index (κ2) is 6.99. The van der Waals surface area contributed by atoms with Crippen LogP contribution in [0.25, 0.3) is 0 Å². The Balaban J connectivity index is 2.16. The quantitative estimate of drug-likeness (QED) is 0.740. The van der Waals surface area contributed by atoms with Crippen LogP contribution in [0.2, 0.25) is 0 Å². The van der Waals surface area contributed by atoms with Crippen molar-refractivity contribution >= 4 is 38.4 Å². The van der Waals surface area contributed by atoms with Gasteiger partial charge in [0.2, 0.25) is 10.0 Å². The second-order valence-electron chi connectivity index (χ2n) is 6.78. The largest absolute Gasteiger partial charge is 0.754 e. The number of anilines is 3. The molecule has 1 aliphatic rings. The Bertz CT molecular complexity index is 1030. The fraction of sp³-hybridized carbons (Fsp3) is 0.294. The van der Waals surface area contributed by atoms with Crippen LogP contribution in [0.15, 0.2) is 42.5 Å². The molecule has 152 valence electrons. The number of hydrogen-bond acceptors (Lipinski definition) is 7. The third-order valence-electron chi connectivity index (χ3n) is 4.19. The molecular formula is C17H18FN2O6S2-. The Morgan fingerprint density at radius 3 is 2.39 bits per heavy atom. The number of hydrogen-bond donors (Lipinski definition) is 1. The minimum atomic E-state index is -4.09. The van der Waals surface area contributed by atoms with E-state index in [2.05, 4.69) is 0 Å². The van der Waals surface area contributed by atoms with Crippen LogP contribution in [0.5, 0.6) is 5.75 Å². The summed E-state index contributed by atoms with van der Waals surface area (Å²) in [7, 11) is -4.09. The molecule has 2 aromatic carbocycles. The van der Waals surface area contributed by atoms with Crippen molar-refractivity contribution in [2.24, 2.45) is 0 Å². The number of aliphatic hydroxyl groups excluding tert-OH is 1. The average molecular weight is 429 g/mol. The smallest absolute Gasteiger partial charge is 0.242 e. The first-order valence-electron chi connectivity index (χ1n) is 8.07. The fourth-order valence-corrected chi connectivity index (χ4v) is 4.61. The zero-order valence-corrected chi connectivity index (χ0v) is 16.8. The van der Waals surface area contributed by atoms with Gasteiger partial charge in [0.05, 0.1) is 28.9 Å². The first-order chi connectivity index (χ1) is 12.9. The predicted molar refractivity (Wildman–Crippen MR) is 102 cm³/mol. The van der Waals surface area contributed by atoms with Crippen LogP contribution in [0.1, 0.15) is 13.8 Å². The van der Waals surface area contributed by atoms with Crippen molar-refractivity contribution in [3.8, 4) is 5.75 Å². The summed E-state index contributed by atoms with van der Waals surface area (Å²) in [6.45, 7) is 3.23. The number of halogens is 1. The van der Waals surface area contributed by atoms with E-state index < -0.39 is 38.9 Å². The van der Waals surface area contributed by atoms with Crippen molar-refractivity contribution in [2.75, 3.05) is 14.9 Å². The molecule has 3 rings (SSSR count). The first kappa shape index (κ1) is 20.5. The van der Waals surface area contributed by atoms with Gasteiger partial charge in [-0.2, -0.15) is 3.71 Å². The molecule has 0 saturated heterocycles. The molecule has 1 N–H and O–H groups in total. The molecule has 0 aliphatic carbocycles. The normalized spacial score (nSPS) is 19.5. The highest BCUT2D eigenvalue weighted by atomic mass is 32.3. The van der Waals surface area contributed by atoms with E-state index in [1.165, 1.54) is 47.4 Å². The maximum Gasteiger partial charge on any atom is 0.242 e. The summed E-state index contributed by atoms with van der Waals surface area (Å²) in [5.74, 6) is -0.278. The summed E-state index contributed by atoms with van der Waals surface area (Å²) >= 11 is -3.06.